The van der Waals surface area contributed by atoms with E-state index in [1.165, 1.54) is 11.8 Å². The van der Waals surface area contributed by atoms with E-state index in [1.54, 1.807) is 6.92 Å². The molecular weight excluding hydrogens is 283 g/mol. The third kappa shape index (κ3) is 5.04. The first kappa shape index (κ1) is 17.5. The van der Waals surface area contributed by atoms with Gasteiger partial charge in [0.2, 0.25) is 0 Å². The van der Waals surface area contributed by atoms with Crippen LogP contribution in [0.4, 0.5) is 18.9 Å². The molecule has 1 amide bonds. The summed E-state index contributed by atoms with van der Waals surface area (Å²) in [7, 11) is 0. The van der Waals surface area contributed by atoms with Crippen molar-refractivity contribution in [1.29, 1.82) is 0 Å². The summed E-state index contributed by atoms with van der Waals surface area (Å²) in [6.07, 6.45) is -5.59. The number of rotatable bonds is 5. The molecule has 3 nitrogen and oxygen atoms in total. The van der Waals surface area contributed by atoms with E-state index in [4.69, 9.17) is 0 Å². The third-order valence-corrected chi connectivity index (χ3v) is 3.08. The normalized spacial score (nSPS) is 13.1. The Labute approximate surface area is 122 Å². The lowest BCUT2D eigenvalue weighted by Crippen LogP contribution is -2.40. The number of benzene rings is 1. The maximum absolute atomic E-state index is 12.3. The average molecular weight is 303 g/mol. The van der Waals surface area contributed by atoms with Crippen LogP contribution in [0.3, 0.4) is 0 Å². The second kappa shape index (κ2) is 6.93. The average Bonchev–Trinajstić information content (AvgIpc) is 2.39. The molecule has 0 bridgehead atoms. The molecule has 0 aromatic heterocycles. The summed E-state index contributed by atoms with van der Waals surface area (Å²) in [6, 6.07) is 5.63. The van der Waals surface area contributed by atoms with Crippen molar-refractivity contribution >= 4 is 11.6 Å². The molecule has 6 heteroatoms. The molecule has 1 unspecified atom stereocenters. The van der Waals surface area contributed by atoms with Gasteiger partial charge >= 0.3 is 6.18 Å². The van der Waals surface area contributed by atoms with Gasteiger partial charge in [0.1, 0.15) is 12.7 Å². The number of anilines is 1. The number of alkyl halides is 3. The van der Waals surface area contributed by atoms with Gasteiger partial charge in [0.05, 0.1) is 0 Å². The van der Waals surface area contributed by atoms with Gasteiger partial charge in [-0.05, 0) is 44.9 Å². The molecule has 0 aliphatic heterocycles. The molecule has 1 atom stereocenters. The number of hydrogen-bond acceptors (Lipinski definition) is 2. The Morgan fingerprint density at radius 2 is 1.95 bits per heavy atom. The second-order valence-electron chi connectivity index (χ2n) is 4.94. The molecule has 0 heterocycles. The largest absolute Gasteiger partial charge is 0.411 e. The first-order valence-corrected chi connectivity index (χ1v) is 6.72. The topological polar surface area (TPSA) is 29.5 Å². The smallest absolute Gasteiger partial charge is 0.359 e. The Morgan fingerprint density at radius 1 is 1.33 bits per heavy atom. The lowest BCUT2D eigenvalue weighted by molar-refractivity contribution is -0.185. The van der Waals surface area contributed by atoms with Crippen molar-refractivity contribution in [3.63, 3.8) is 0 Å². The lowest BCUT2D eigenvalue weighted by Gasteiger charge is -2.26. The van der Waals surface area contributed by atoms with Crippen LogP contribution >= 0.6 is 0 Å². The van der Waals surface area contributed by atoms with Crippen molar-refractivity contribution in [3.05, 3.63) is 29.3 Å². The number of halogens is 3. The van der Waals surface area contributed by atoms with Gasteiger partial charge in [0.15, 0.2) is 0 Å². The molecule has 21 heavy (non-hydrogen) atoms. The number of aryl methyl sites for hydroxylation is 2. The highest BCUT2D eigenvalue weighted by Crippen LogP contribution is 2.23. The summed E-state index contributed by atoms with van der Waals surface area (Å²) in [4.78, 5) is 13.7. The Bertz CT molecular complexity index is 500. The monoisotopic (exact) mass is 303 g/mol. The van der Waals surface area contributed by atoms with E-state index < -0.39 is 24.8 Å². The number of hydrogen-bond donors (Lipinski definition) is 0. The van der Waals surface area contributed by atoms with Crippen molar-refractivity contribution < 1.29 is 22.7 Å². The summed E-state index contributed by atoms with van der Waals surface area (Å²) in [5.74, 6) is -0.476. The Balaban J connectivity index is 2.88. The van der Waals surface area contributed by atoms with Crippen LogP contribution < -0.4 is 4.90 Å². The molecule has 0 saturated heterocycles. The number of nitrogens with zero attached hydrogens (tertiary/aromatic N) is 1. The van der Waals surface area contributed by atoms with Crippen molar-refractivity contribution in [2.24, 2.45) is 0 Å². The van der Waals surface area contributed by atoms with Gasteiger partial charge in [-0.25, -0.2) is 0 Å². The number of amides is 1. The summed E-state index contributed by atoms with van der Waals surface area (Å²) >= 11 is 0. The van der Waals surface area contributed by atoms with Crippen molar-refractivity contribution in [2.75, 3.05) is 18.1 Å². The molecule has 1 rings (SSSR count). The number of carbonyl (C=O) groups is 1. The first-order valence-electron chi connectivity index (χ1n) is 6.72. The highest BCUT2D eigenvalue weighted by Gasteiger charge is 2.31. The lowest BCUT2D eigenvalue weighted by atomic mass is 10.1. The first-order chi connectivity index (χ1) is 9.65. The summed E-state index contributed by atoms with van der Waals surface area (Å²) in [6.45, 7) is 5.79. The zero-order valence-electron chi connectivity index (χ0n) is 12.6. The van der Waals surface area contributed by atoms with E-state index in [9.17, 15) is 18.0 Å². The van der Waals surface area contributed by atoms with Crippen LogP contribution in [0.5, 0.6) is 0 Å². The van der Waals surface area contributed by atoms with E-state index in [0.717, 1.165) is 11.1 Å². The number of ether oxygens (including phenoxy) is 1. The van der Waals surface area contributed by atoms with Gasteiger partial charge in [0, 0.05) is 12.2 Å². The minimum absolute atomic E-state index is 0.364. The molecule has 0 radical (unpaired) electrons. The van der Waals surface area contributed by atoms with E-state index in [-0.39, 0.29) is 0 Å². The van der Waals surface area contributed by atoms with Crippen LogP contribution in [0.2, 0.25) is 0 Å². The van der Waals surface area contributed by atoms with Crippen LogP contribution in [-0.4, -0.2) is 31.3 Å². The fourth-order valence-electron chi connectivity index (χ4n) is 1.97. The van der Waals surface area contributed by atoms with Gasteiger partial charge in [0.25, 0.3) is 5.91 Å². The standard InChI is InChI=1S/C15H20F3NO2/c1-5-19(13-8-10(2)6-7-11(13)3)14(20)12(4)21-9-15(16,17)18/h6-8,12H,5,9H2,1-4H3. The predicted molar refractivity (Wildman–Crippen MR) is 75.4 cm³/mol. The third-order valence-electron chi connectivity index (χ3n) is 3.08. The highest BCUT2D eigenvalue weighted by molar-refractivity contribution is 5.97. The minimum atomic E-state index is -4.44. The van der Waals surface area contributed by atoms with E-state index in [1.807, 2.05) is 32.0 Å². The maximum atomic E-state index is 12.3. The van der Waals surface area contributed by atoms with Gasteiger partial charge < -0.3 is 9.64 Å². The molecule has 0 aliphatic carbocycles. The number of carbonyl (C=O) groups excluding carboxylic acids is 1. The van der Waals surface area contributed by atoms with E-state index in [2.05, 4.69) is 4.74 Å². The molecule has 0 saturated carbocycles. The number of likely N-dealkylation sites (N-methyl/N-ethyl adjacent to an activating group) is 1. The second-order valence-corrected chi connectivity index (χ2v) is 4.94. The highest BCUT2D eigenvalue weighted by atomic mass is 19.4. The van der Waals surface area contributed by atoms with Crippen LogP contribution in [0, 0.1) is 13.8 Å². The van der Waals surface area contributed by atoms with E-state index in [0.29, 0.717) is 12.2 Å². The molecule has 0 aliphatic rings. The Morgan fingerprint density at radius 3 is 2.48 bits per heavy atom. The fraction of sp³-hybridized carbons (Fsp3) is 0.533. The summed E-state index contributed by atoms with van der Waals surface area (Å²) in [5, 5.41) is 0. The zero-order chi connectivity index (χ0) is 16.2. The van der Waals surface area contributed by atoms with Gasteiger partial charge in [-0.15, -0.1) is 0 Å². The Hall–Kier alpha value is -1.56. The fourth-order valence-corrected chi connectivity index (χ4v) is 1.97. The molecule has 1 aromatic rings. The predicted octanol–water partition coefficient (Wildman–Crippen LogP) is 3.62. The minimum Gasteiger partial charge on any atom is -0.359 e. The van der Waals surface area contributed by atoms with Crippen LogP contribution in [0.1, 0.15) is 25.0 Å². The SMILES string of the molecule is CCN(C(=O)C(C)OCC(F)(F)F)c1cc(C)ccc1C. The molecule has 118 valence electrons. The van der Waals surface area contributed by atoms with Crippen LogP contribution in [-0.2, 0) is 9.53 Å². The van der Waals surface area contributed by atoms with Crippen LogP contribution in [0.15, 0.2) is 18.2 Å². The molecule has 1 aromatic carbocycles. The van der Waals surface area contributed by atoms with E-state index >= 15 is 0 Å². The Kier molecular flexibility index (Phi) is 5.78. The van der Waals surface area contributed by atoms with Crippen molar-refractivity contribution in [3.8, 4) is 0 Å². The molecule has 0 spiro atoms. The van der Waals surface area contributed by atoms with Gasteiger partial charge in [-0.1, -0.05) is 12.1 Å². The maximum Gasteiger partial charge on any atom is 0.411 e. The quantitative estimate of drug-likeness (QED) is 0.831. The molecule has 0 N–H and O–H groups in total. The summed E-state index contributed by atoms with van der Waals surface area (Å²) < 4.78 is 41.1. The molecule has 0 fully saturated rings. The van der Waals surface area contributed by atoms with Crippen molar-refractivity contribution in [1.82, 2.24) is 0 Å². The van der Waals surface area contributed by atoms with Crippen LogP contribution in [0.25, 0.3) is 0 Å². The van der Waals surface area contributed by atoms with Crippen molar-refractivity contribution in [2.45, 2.75) is 40.0 Å². The van der Waals surface area contributed by atoms with Gasteiger partial charge in [-0.2, -0.15) is 13.2 Å². The zero-order valence-corrected chi connectivity index (χ0v) is 12.6. The summed E-state index contributed by atoms with van der Waals surface area (Å²) in [5.41, 5.74) is 2.56. The molecular formula is C15H20F3NO2. The van der Waals surface area contributed by atoms with Gasteiger partial charge in [-0.3, -0.25) is 4.79 Å².